The first-order valence-corrected chi connectivity index (χ1v) is 6.00. The Morgan fingerprint density at radius 1 is 1.12 bits per heavy atom. The molecule has 0 unspecified atom stereocenters. The highest BCUT2D eigenvalue weighted by Crippen LogP contribution is 2.73. The lowest BCUT2D eigenvalue weighted by Gasteiger charge is -2.23. The number of hydrogen-bond donors (Lipinski definition) is 0. The van der Waals surface area contributed by atoms with E-state index >= 15 is 0 Å². The first-order valence-electron chi connectivity index (χ1n) is 6.00. The fraction of sp³-hybridized carbons (Fsp3) is 0.846. The third kappa shape index (κ3) is 1.33. The lowest BCUT2D eigenvalue weighted by Crippen LogP contribution is -2.23. The zero-order valence-corrected chi connectivity index (χ0v) is 11.5. The van der Waals surface area contributed by atoms with Gasteiger partial charge in [0, 0.05) is 11.5 Å². The maximum Gasteiger partial charge on any atom is 0.137 e. The summed E-state index contributed by atoms with van der Waals surface area (Å²) in [6.45, 7) is 15.9. The molecular formula is C13H23N3. The molecule has 90 valence electrons. The van der Waals surface area contributed by atoms with Crippen molar-refractivity contribution in [2.75, 3.05) is 0 Å². The zero-order chi connectivity index (χ0) is 12.4. The summed E-state index contributed by atoms with van der Waals surface area (Å²) in [5.41, 5.74) is 0.708. The van der Waals surface area contributed by atoms with Crippen LogP contribution >= 0.6 is 0 Å². The van der Waals surface area contributed by atoms with Crippen LogP contribution in [0.1, 0.15) is 60.2 Å². The van der Waals surface area contributed by atoms with Gasteiger partial charge < -0.3 is 4.57 Å². The Hall–Kier alpha value is -0.860. The molecule has 0 aliphatic heterocycles. The molecule has 0 aromatic carbocycles. The summed E-state index contributed by atoms with van der Waals surface area (Å²) in [6, 6.07) is 0. The minimum absolute atomic E-state index is 0.0631. The molecule has 0 spiro atoms. The van der Waals surface area contributed by atoms with Crippen LogP contribution in [0.2, 0.25) is 0 Å². The third-order valence-electron chi connectivity index (χ3n) is 4.58. The van der Waals surface area contributed by atoms with Crippen LogP contribution in [-0.4, -0.2) is 14.8 Å². The van der Waals surface area contributed by atoms with Crippen molar-refractivity contribution in [2.24, 2.45) is 10.8 Å². The lowest BCUT2D eigenvalue weighted by atomic mass is 10.0. The molecular weight excluding hydrogens is 198 g/mol. The van der Waals surface area contributed by atoms with Gasteiger partial charge in [-0.2, -0.15) is 0 Å². The van der Waals surface area contributed by atoms with Gasteiger partial charge in [-0.15, -0.1) is 10.2 Å². The van der Waals surface area contributed by atoms with Crippen molar-refractivity contribution >= 4 is 0 Å². The van der Waals surface area contributed by atoms with Crippen molar-refractivity contribution in [1.29, 1.82) is 0 Å². The average molecular weight is 221 g/mol. The molecule has 1 fully saturated rings. The Kier molecular flexibility index (Phi) is 2.09. The van der Waals surface area contributed by atoms with Crippen LogP contribution < -0.4 is 0 Å². The van der Waals surface area contributed by atoms with Gasteiger partial charge in [0.25, 0.3) is 0 Å². The fourth-order valence-electron chi connectivity index (χ4n) is 2.80. The van der Waals surface area contributed by atoms with Crippen LogP contribution in [0.5, 0.6) is 0 Å². The van der Waals surface area contributed by atoms with Crippen LogP contribution in [0.25, 0.3) is 0 Å². The molecule has 0 atom stereocenters. The summed E-state index contributed by atoms with van der Waals surface area (Å²) in [5.74, 6) is 1.66. The summed E-state index contributed by atoms with van der Waals surface area (Å²) in [4.78, 5) is 0. The Morgan fingerprint density at radius 3 is 2.00 bits per heavy atom. The maximum atomic E-state index is 4.35. The van der Waals surface area contributed by atoms with Gasteiger partial charge in [-0.25, -0.2) is 0 Å². The van der Waals surface area contributed by atoms with Gasteiger partial charge in [-0.3, -0.25) is 0 Å². The van der Waals surface area contributed by atoms with Crippen molar-refractivity contribution in [3.05, 3.63) is 12.2 Å². The molecule has 0 bridgehead atoms. The lowest BCUT2D eigenvalue weighted by molar-refractivity contribution is 0.376. The van der Waals surface area contributed by atoms with E-state index in [0.717, 1.165) is 5.82 Å². The van der Waals surface area contributed by atoms with E-state index in [9.17, 15) is 0 Å². The maximum absolute atomic E-state index is 4.35. The predicted molar refractivity (Wildman–Crippen MR) is 65.3 cm³/mol. The van der Waals surface area contributed by atoms with Gasteiger partial charge in [-0.05, 0) is 31.6 Å². The van der Waals surface area contributed by atoms with E-state index < -0.39 is 0 Å². The summed E-state index contributed by atoms with van der Waals surface area (Å²) >= 11 is 0. The Labute approximate surface area is 98.3 Å². The van der Waals surface area contributed by atoms with Crippen LogP contribution in [-0.2, 0) is 5.54 Å². The minimum Gasteiger partial charge on any atom is -0.312 e. The number of rotatable bonds is 1. The minimum atomic E-state index is 0.0631. The Bertz CT molecular complexity index is 393. The molecule has 0 N–H and O–H groups in total. The van der Waals surface area contributed by atoms with E-state index in [2.05, 4.69) is 63.2 Å². The smallest absolute Gasteiger partial charge is 0.137 e. The second-order valence-corrected chi connectivity index (χ2v) is 7.11. The molecule has 16 heavy (non-hydrogen) atoms. The van der Waals surface area contributed by atoms with Crippen molar-refractivity contribution in [1.82, 2.24) is 14.8 Å². The van der Waals surface area contributed by atoms with Crippen molar-refractivity contribution < 1.29 is 0 Å². The molecule has 3 heteroatoms. The fourth-order valence-corrected chi connectivity index (χ4v) is 2.80. The summed E-state index contributed by atoms with van der Waals surface area (Å²) in [6.07, 6.45) is 1.86. The second-order valence-electron chi connectivity index (χ2n) is 7.11. The largest absolute Gasteiger partial charge is 0.312 e. The molecule has 1 aromatic heterocycles. The van der Waals surface area contributed by atoms with Crippen LogP contribution in [0.4, 0.5) is 0 Å². The molecule has 1 saturated carbocycles. The van der Waals surface area contributed by atoms with Crippen molar-refractivity contribution in [3.8, 4) is 0 Å². The standard InChI is InChI=1S/C13H23N3/c1-11(2,3)16-8-14-15-10(16)9-12(4,5)13(9,6)7/h8-9H,1-7H3. The third-order valence-corrected chi connectivity index (χ3v) is 4.58. The highest BCUT2D eigenvalue weighted by molar-refractivity contribution is 5.27. The summed E-state index contributed by atoms with van der Waals surface area (Å²) in [7, 11) is 0. The average Bonchev–Trinajstić information content (AvgIpc) is 2.50. The van der Waals surface area contributed by atoms with Gasteiger partial charge in [0.2, 0.25) is 0 Å². The van der Waals surface area contributed by atoms with Crippen molar-refractivity contribution in [2.45, 2.75) is 59.9 Å². The molecule has 0 saturated heterocycles. The molecule has 0 radical (unpaired) electrons. The highest BCUT2D eigenvalue weighted by Gasteiger charge is 2.67. The Balaban J connectivity index is 2.42. The van der Waals surface area contributed by atoms with Crippen LogP contribution in [0.15, 0.2) is 6.33 Å². The Morgan fingerprint density at radius 2 is 1.62 bits per heavy atom. The van der Waals surface area contributed by atoms with Crippen LogP contribution in [0.3, 0.4) is 0 Å². The second kappa shape index (κ2) is 2.88. The summed E-state index contributed by atoms with van der Waals surface area (Å²) in [5, 5.41) is 8.44. The first-order chi connectivity index (χ1) is 7.10. The monoisotopic (exact) mass is 221 g/mol. The van der Waals surface area contributed by atoms with E-state index in [-0.39, 0.29) is 5.54 Å². The molecule has 1 aromatic rings. The van der Waals surface area contributed by atoms with E-state index in [0.29, 0.717) is 16.7 Å². The van der Waals surface area contributed by atoms with Gasteiger partial charge in [0.1, 0.15) is 12.2 Å². The number of aromatic nitrogens is 3. The molecule has 3 nitrogen and oxygen atoms in total. The molecule has 1 aliphatic rings. The van der Waals surface area contributed by atoms with Gasteiger partial charge >= 0.3 is 0 Å². The molecule has 2 rings (SSSR count). The van der Waals surface area contributed by atoms with Gasteiger partial charge in [0.15, 0.2) is 0 Å². The van der Waals surface area contributed by atoms with Gasteiger partial charge in [-0.1, -0.05) is 27.7 Å². The molecule has 0 amide bonds. The SMILES string of the molecule is CC(C)(C)n1cnnc1C1C(C)(C)C1(C)C. The number of hydrogen-bond acceptors (Lipinski definition) is 2. The van der Waals surface area contributed by atoms with E-state index in [1.54, 1.807) is 0 Å². The van der Waals surface area contributed by atoms with E-state index in [1.165, 1.54) is 0 Å². The highest BCUT2D eigenvalue weighted by atomic mass is 15.3. The molecule has 1 aliphatic carbocycles. The van der Waals surface area contributed by atoms with E-state index in [1.807, 2.05) is 6.33 Å². The first kappa shape index (κ1) is 11.6. The zero-order valence-electron chi connectivity index (χ0n) is 11.5. The summed E-state index contributed by atoms with van der Waals surface area (Å²) < 4.78 is 2.22. The normalized spacial score (nSPS) is 23.4. The molecule has 1 heterocycles. The van der Waals surface area contributed by atoms with E-state index in [4.69, 9.17) is 0 Å². The topological polar surface area (TPSA) is 30.7 Å². The van der Waals surface area contributed by atoms with Gasteiger partial charge in [0.05, 0.1) is 0 Å². The number of nitrogens with zero attached hydrogens (tertiary/aromatic N) is 3. The predicted octanol–water partition coefficient (Wildman–Crippen LogP) is 3.18. The quantitative estimate of drug-likeness (QED) is 0.729. The van der Waals surface area contributed by atoms with Crippen molar-refractivity contribution in [3.63, 3.8) is 0 Å². The van der Waals surface area contributed by atoms with Crippen LogP contribution in [0, 0.1) is 10.8 Å².